The summed E-state index contributed by atoms with van der Waals surface area (Å²) in [7, 11) is 0. The second kappa shape index (κ2) is 6.40. The number of ether oxygens (including phenoxy) is 2. The van der Waals surface area contributed by atoms with Crippen LogP contribution in [0.2, 0.25) is 0 Å². The lowest BCUT2D eigenvalue weighted by Gasteiger charge is -2.11. The molecule has 2 aromatic rings. The highest BCUT2D eigenvalue weighted by Crippen LogP contribution is 2.34. The predicted octanol–water partition coefficient (Wildman–Crippen LogP) is 4.73. The van der Waals surface area contributed by atoms with E-state index in [1.807, 2.05) is 24.3 Å². The van der Waals surface area contributed by atoms with Crippen molar-refractivity contribution in [2.75, 3.05) is 12.1 Å². The summed E-state index contributed by atoms with van der Waals surface area (Å²) in [6, 6.07) is 12.9. The van der Waals surface area contributed by atoms with Crippen LogP contribution in [0.5, 0.6) is 11.5 Å². The van der Waals surface area contributed by atoms with Crippen LogP contribution in [0.4, 0.5) is 5.69 Å². The van der Waals surface area contributed by atoms with Gasteiger partial charge in [-0.3, -0.25) is 4.79 Å². The molecule has 0 aliphatic carbocycles. The fraction of sp³-hybridized carbons (Fsp3) is 0.250. The third kappa shape index (κ3) is 3.96. The van der Waals surface area contributed by atoms with Crippen molar-refractivity contribution >= 4 is 17.7 Å². The lowest BCUT2D eigenvalue weighted by molar-refractivity contribution is 0.102. The van der Waals surface area contributed by atoms with Crippen LogP contribution < -0.4 is 14.8 Å². The van der Waals surface area contributed by atoms with Gasteiger partial charge in [-0.25, -0.2) is 0 Å². The molecule has 3 rings (SSSR count). The fourth-order valence-electron chi connectivity index (χ4n) is 2.27. The first-order chi connectivity index (χ1) is 11.4. The van der Waals surface area contributed by atoms with Crippen molar-refractivity contribution in [3.05, 3.63) is 59.7 Å². The SMILES string of the molecule is CC(C)(C)C=Cc1ccc(C(=O)Nc2ccc3c(c2)OCO3)cc1. The Kier molecular flexibility index (Phi) is 4.30. The van der Waals surface area contributed by atoms with Gasteiger partial charge in [-0.1, -0.05) is 45.1 Å². The number of anilines is 1. The zero-order valence-electron chi connectivity index (χ0n) is 14.1. The number of rotatable bonds is 3. The van der Waals surface area contributed by atoms with Gasteiger partial charge in [0, 0.05) is 17.3 Å². The topological polar surface area (TPSA) is 47.6 Å². The maximum atomic E-state index is 12.3. The number of amides is 1. The van der Waals surface area contributed by atoms with Gasteiger partial charge in [0.15, 0.2) is 11.5 Å². The summed E-state index contributed by atoms with van der Waals surface area (Å²) in [5, 5.41) is 2.87. The molecule has 0 unspecified atom stereocenters. The van der Waals surface area contributed by atoms with Gasteiger partial charge in [0.25, 0.3) is 5.91 Å². The number of carbonyl (C=O) groups is 1. The van der Waals surface area contributed by atoms with Crippen LogP contribution in [0, 0.1) is 5.41 Å². The third-order valence-corrected chi connectivity index (χ3v) is 3.58. The van der Waals surface area contributed by atoms with E-state index in [0.717, 1.165) is 5.56 Å². The van der Waals surface area contributed by atoms with Crippen molar-refractivity contribution in [2.24, 2.45) is 5.41 Å². The second-order valence-corrected chi connectivity index (χ2v) is 6.84. The molecule has 0 fully saturated rings. The molecule has 124 valence electrons. The first-order valence-electron chi connectivity index (χ1n) is 7.91. The van der Waals surface area contributed by atoms with Crippen molar-refractivity contribution in [3.63, 3.8) is 0 Å². The molecule has 0 radical (unpaired) electrons. The molecule has 1 amide bonds. The number of fused-ring (bicyclic) bond motifs is 1. The summed E-state index contributed by atoms with van der Waals surface area (Å²) >= 11 is 0. The van der Waals surface area contributed by atoms with Gasteiger partial charge in [-0.05, 0) is 35.2 Å². The average molecular weight is 323 g/mol. The van der Waals surface area contributed by atoms with Gasteiger partial charge >= 0.3 is 0 Å². The van der Waals surface area contributed by atoms with E-state index in [1.54, 1.807) is 18.2 Å². The standard InChI is InChI=1S/C20H21NO3/c1-20(2,3)11-10-14-4-6-15(7-5-14)19(22)21-16-8-9-17-18(12-16)24-13-23-17/h4-12H,13H2,1-3H3,(H,21,22). The molecular weight excluding hydrogens is 302 g/mol. The number of nitrogens with one attached hydrogen (secondary N) is 1. The minimum atomic E-state index is -0.153. The Morgan fingerprint density at radius 1 is 1.04 bits per heavy atom. The van der Waals surface area contributed by atoms with Gasteiger partial charge in [0.1, 0.15) is 0 Å². The molecule has 4 heteroatoms. The van der Waals surface area contributed by atoms with Gasteiger partial charge in [0.2, 0.25) is 6.79 Å². The molecule has 1 heterocycles. The van der Waals surface area contributed by atoms with E-state index in [1.165, 1.54) is 0 Å². The molecule has 1 aliphatic heterocycles. The van der Waals surface area contributed by atoms with Crippen LogP contribution in [0.25, 0.3) is 6.08 Å². The molecule has 0 atom stereocenters. The molecule has 0 spiro atoms. The molecule has 24 heavy (non-hydrogen) atoms. The largest absolute Gasteiger partial charge is 0.454 e. The molecule has 1 N–H and O–H groups in total. The Labute approximate surface area is 142 Å². The molecule has 0 saturated carbocycles. The molecule has 4 nitrogen and oxygen atoms in total. The molecular formula is C20H21NO3. The summed E-state index contributed by atoms with van der Waals surface area (Å²) in [6.07, 6.45) is 4.22. The number of carbonyl (C=O) groups excluding carboxylic acids is 1. The Morgan fingerprint density at radius 2 is 1.75 bits per heavy atom. The Bertz CT molecular complexity index is 770. The number of benzene rings is 2. The Hall–Kier alpha value is -2.75. The first-order valence-corrected chi connectivity index (χ1v) is 7.91. The fourth-order valence-corrected chi connectivity index (χ4v) is 2.27. The lowest BCUT2D eigenvalue weighted by atomic mass is 9.95. The van der Waals surface area contributed by atoms with Crippen LogP contribution in [0.15, 0.2) is 48.5 Å². The minimum absolute atomic E-state index is 0.134. The van der Waals surface area contributed by atoms with Crippen molar-refractivity contribution in [1.29, 1.82) is 0 Å². The first kappa shape index (κ1) is 16.1. The summed E-state index contributed by atoms with van der Waals surface area (Å²) < 4.78 is 10.6. The molecule has 0 saturated heterocycles. The van der Waals surface area contributed by atoms with E-state index < -0.39 is 0 Å². The normalized spacial score (nSPS) is 13.3. The zero-order valence-corrected chi connectivity index (χ0v) is 14.1. The molecule has 0 bridgehead atoms. The molecule has 1 aliphatic rings. The number of hydrogen-bond donors (Lipinski definition) is 1. The molecule has 0 aromatic heterocycles. The summed E-state index contributed by atoms with van der Waals surface area (Å²) in [6.45, 7) is 6.67. The number of allylic oxidation sites excluding steroid dienone is 1. The van der Waals surface area contributed by atoms with E-state index in [4.69, 9.17) is 9.47 Å². The van der Waals surface area contributed by atoms with E-state index in [9.17, 15) is 4.79 Å². The molecule has 2 aromatic carbocycles. The summed E-state index contributed by atoms with van der Waals surface area (Å²) in [5.74, 6) is 1.19. The van der Waals surface area contributed by atoms with Crippen LogP contribution in [0.1, 0.15) is 36.7 Å². The maximum Gasteiger partial charge on any atom is 0.255 e. The van der Waals surface area contributed by atoms with Gasteiger partial charge in [-0.2, -0.15) is 0 Å². The van der Waals surface area contributed by atoms with Crippen molar-refractivity contribution in [3.8, 4) is 11.5 Å². The van der Waals surface area contributed by atoms with Gasteiger partial charge in [0.05, 0.1) is 0 Å². The number of hydrogen-bond acceptors (Lipinski definition) is 3. The zero-order chi connectivity index (χ0) is 17.2. The van der Waals surface area contributed by atoms with E-state index >= 15 is 0 Å². The van der Waals surface area contributed by atoms with Crippen molar-refractivity contribution < 1.29 is 14.3 Å². The van der Waals surface area contributed by atoms with Gasteiger partial charge in [-0.15, -0.1) is 0 Å². The van der Waals surface area contributed by atoms with Gasteiger partial charge < -0.3 is 14.8 Å². The van der Waals surface area contributed by atoms with Crippen LogP contribution in [-0.4, -0.2) is 12.7 Å². The third-order valence-electron chi connectivity index (χ3n) is 3.58. The van der Waals surface area contributed by atoms with Crippen molar-refractivity contribution in [1.82, 2.24) is 0 Å². The lowest BCUT2D eigenvalue weighted by Crippen LogP contribution is -2.11. The van der Waals surface area contributed by atoms with Crippen molar-refractivity contribution in [2.45, 2.75) is 20.8 Å². The average Bonchev–Trinajstić information content (AvgIpc) is 3.00. The Morgan fingerprint density at radius 3 is 2.46 bits per heavy atom. The maximum absolute atomic E-state index is 12.3. The smallest absolute Gasteiger partial charge is 0.255 e. The highest BCUT2D eigenvalue weighted by atomic mass is 16.7. The minimum Gasteiger partial charge on any atom is -0.454 e. The summed E-state index contributed by atoms with van der Waals surface area (Å²) in [5.41, 5.74) is 2.50. The monoisotopic (exact) mass is 323 g/mol. The van der Waals surface area contributed by atoms with Crippen LogP contribution >= 0.6 is 0 Å². The van der Waals surface area contributed by atoms with Crippen LogP contribution in [0.3, 0.4) is 0 Å². The second-order valence-electron chi connectivity index (χ2n) is 6.84. The van der Waals surface area contributed by atoms with E-state index in [0.29, 0.717) is 22.7 Å². The highest BCUT2D eigenvalue weighted by Gasteiger charge is 2.14. The Balaban J connectivity index is 1.68. The van der Waals surface area contributed by atoms with Crippen LogP contribution in [-0.2, 0) is 0 Å². The van der Waals surface area contributed by atoms with E-state index in [2.05, 4.69) is 38.2 Å². The predicted molar refractivity (Wildman–Crippen MR) is 95.4 cm³/mol. The quantitative estimate of drug-likeness (QED) is 0.888. The van der Waals surface area contributed by atoms with E-state index in [-0.39, 0.29) is 18.1 Å². The summed E-state index contributed by atoms with van der Waals surface area (Å²) in [4.78, 5) is 12.3. The highest BCUT2D eigenvalue weighted by molar-refractivity contribution is 6.04.